The number of hydrogen-bond donors (Lipinski definition) is 2. The van der Waals surface area contributed by atoms with Crippen LogP contribution in [0.5, 0.6) is 0 Å². The lowest BCUT2D eigenvalue weighted by Crippen LogP contribution is -2.51. The van der Waals surface area contributed by atoms with Gasteiger partial charge in [-0.15, -0.1) is 0 Å². The summed E-state index contributed by atoms with van der Waals surface area (Å²) in [7, 11) is 0. The molecule has 4 nitrogen and oxygen atoms in total. The van der Waals surface area contributed by atoms with Crippen LogP contribution in [0.1, 0.15) is 11.1 Å². The summed E-state index contributed by atoms with van der Waals surface area (Å²) in [6.07, 6.45) is 3.44. The van der Waals surface area contributed by atoms with E-state index < -0.39 is 0 Å². The Morgan fingerprint density at radius 1 is 1.04 bits per heavy atom. The lowest BCUT2D eigenvalue weighted by Gasteiger charge is -2.28. The van der Waals surface area contributed by atoms with Crippen LogP contribution >= 0.6 is 23.2 Å². The van der Waals surface area contributed by atoms with Gasteiger partial charge in [0.1, 0.15) is 6.17 Å². The quantitative estimate of drug-likeness (QED) is 0.839. The van der Waals surface area contributed by atoms with Crippen LogP contribution in [0.25, 0.3) is 0 Å². The van der Waals surface area contributed by atoms with Crippen LogP contribution in [-0.4, -0.2) is 17.1 Å². The molecule has 0 aromatic heterocycles. The van der Waals surface area contributed by atoms with Gasteiger partial charge >= 0.3 is 6.03 Å². The van der Waals surface area contributed by atoms with Crippen molar-refractivity contribution in [3.63, 3.8) is 0 Å². The maximum atomic E-state index is 12.3. The van der Waals surface area contributed by atoms with Crippen LogP contribution in [0, 0.1) is 0 Å². The van der Waals surface area contributed by atoms with Gasteiger partial charge in [-0.05, 0) is 23.8 Å². The molecule has 2 N–H and O–H groups in total. The molecule has 0 radical (unpaired) electrons. The van der Waals surface area contributed by atoms with Crippen LogP contribution in [0.3, 0.4) is 0 Å². The largest absolute Gasteiger partial charge is 0.323 e. The van der Waals surface area contributed by atoms with E-state index in [-0.39, 0.29) is 12.2 Å². The molecule has 0 spiro atoms. The number of nitrogens with zero attached hydrogens (tertiary/aromatic N) is 1. The molecule has 3 rings (SSSR count). The number of carbonyl (C=O) groups excluding carboxylic acids is 1. The van der Waals surface area contributed by atoms with E-state index in [0.29, 0.717) is 23.1 Å². The molecule has 1 aliphatic heterocycles. The number of hydrogen-bond acceptors (Lipinski definition) is 2. The normalized spacial score (nSPS) is 17.0. The molecule has 1 aliphatic rings. The molecule has 2 aromatic rings. The molecule has 24 heavy (non-hydrogen) atoms. The molecule has 2 amide bonds. The van der Waals surface area contributed by atoms with E-state index in [0.717, 1.165) is 11.1 Å². The van der Waals surface area contributed by atoms with Crippen molar-refractivity contribution in [2.45, 2.75) is 19.3 Å². The second-order valence-electron chi connectivity index (χ2n) is 5.46. The monoisotopic (exact) mass is 361 g/mol. The number of nitrogens with one attached hydrogen (secondary N) is 2. The summed E-state index contributed by atoms with van der Waals surface area (Å²) in [4.78, 5) is 13.8. The summed E-state index contributed by atoms with van der Waals surface area (Å²) < 4.78 is 0. The first-order valence-corrected chi connectivity index (χ1v) is 8.35. The second kappa shape index (κ2) is 7.71. The summed E-state index contributed by atoms with van der Waals surface area (Å²) in [5.41, 5.74) is 1.89. The van der Waals surface area contributed by atoms with Gasteiger partial charge in [-0.2, -0.15) is 0 Å². The van der Waals surface area contributed by atoms with Gasteiger partial charge in [0.05, 0.1) is 6.54 Å². The third-order valence-corrected chi connectivity index (χ3v) is 4.47. The van der Waals surface area contributed by atoms with E-state index in [1.807, 2.05) is 36.4 Å². The predicted octanol–water partition coefficient (Wildman–Crippen LogP) is 4.15. The van der Waals surface area contributed by atoms with E-state index >= 15 is 0 Å². The van der Waals surface area contributed by atoms with Crippen molar-refractivity contribution in [2.24, 2.45) is 0 Å². The van der Waals surface area contributed by atoms with Crippen molar-refractivity contribution in [1.29, 1.82) is 0 Å². The Bertz CT molecular complexity index is 729. The summed E-state index contributed by atoms with van der Waals surface area (Å²) in [6.45, 7) is 0.999. The molecule has 1 heterocycles. The number of urea groups is 1. The van der Waals surface area contributed by atoms with Crippen LogP contribution < -0.4 is 10.6 Å². The zero-order chi connectivity index (χ0) is 16.9. The van der Waals surface area contributed by atoms with E-state index in [2.05, 4.69) is 10.6 Å². The Morgan fingerprint density at radius 3 is 2.42 bits per heavy atom. The number of carbonyl (C=O) groups is 1. The molecule has 0 saturated heterocycles. The van der Waals surface area contributed by atoms with Crippen molar-refractivity contribution >= 4 is 29.2 Å². The molecule has 0 aliphatic carbocycles. The maximum Gasteiger partial charge on any atom is 0.323 e. The second-order valence-corrected chi connectivity index (χ2v) is 6.28. The fourth-order valence-corrected chi connectivity index (χ4v) is 2.96. The third-order valence-electron chi connectivity index (χ3n) is 3.76. The Hall–Kier alpha value is -2.01. The number of rotatable bonds is 5. The van der Waals surface area contributed by atoms with Gasteiger partial charge in [0.25, 0.3) is 0 Å². The molecule has 1 unspecified atom stereocenters. The van der Waals surface area contributed by atoms with Crippen molar-refractivity contribution in [2.75, 3.05) is 0 Å². The Labute approximate surface area is 151 Å². The SMILES string of the molecule is O=C1NC(NCc2ccccc2)C=CN1Cc1c(Cl)cccc1Cl. The zero-order valence-electron chi connectivity index (χ0n) is 12.9. The Balaban J connectivity index is 1.62. The van der Waals surface area contributed by atoms with Gasteiger partial charge in [0, 0.05) is 28.4 Å². The standard InChI is InChI=1S/C18H17Cl2N3O/c19-15-7-4-8-16(20)14(15)12-23-10-9-17(22-18(23)24)21-11-13-5-2-1-3-6-13/h1-10,17,21H,11-12H2,(H,22,24). The number of benzene rings is 2. The summed E-state index contributed by atoms with van der Waals surface area (Å²) in [5.74, 6) is 0. The van der Waals surface area contributed by atoms with Crippen molar-refractivity contribution in [1.82, 2.24) is 15.5 Å². The Morgan fingerprint density at radius 2 is 1.75 bits per heavy atom. The first-order valence-electron chi connectivity index (χ1n) is 7.59. The molecule has 2 aromatic carbocycles. The van der Waals surface area contributed by atoms with Crippen LogP contribution in [0.4, 0.5) is 4.79 Å². The highest BCUT2D eigenvalue weighted by Gasteiger charge is 2.21. The van der Waals surface area contributed by atoms with Crippen molar-refractivity contribution in [3.8, 4) is 0 Å². The van der Waals surface area contributed by atoms with Crippen LogP contribution in [0.2, 0.25) is 10.0 Å². The molecule has 0 bridgehead atoms. The van der Waals surface area contributed by atoms with Crippen LogP contribution in [-0.2, 0) is 13.1 Å². The van der Waals surface area contributed by atoms with Gasteiger partial charge in [0.2, 0.25) is 0 Å². The van der Waals surface area contributed by atoms with Crippen molar-refractivity contribution in [3.05, 3.63) is 82.0 Å². The highest BCUT2D eigenvalue weighted by Crippen LogP contribution is 2.26. The predicted molar refractivity (Wildman–Crippen MR) is 96.7 cm³/mol. The summed E-state index contributed by atoms with van der Waals surface area (Å²) in [6, 6.07) is 15.1. The molecule has 124 valence electrons. The van der Waals surface area contributed by atoms with Gasteiger partial charge in [-0.1, -0.05) is 59.6 Å². The highest BCUT2D eigenvalue weighted by atomic mass is 35.5. The molecule has 0 fully saturated rings. The molecular formula is C18H17Cl2N3O. The van der Waals surface area contributed by atoms with E-state index in [1.54, 1.807) is 29.3 Å². The smallest absolute Gasteiger partial charge is 0.319 e. The summed E-state index contributed by atoms with van der Waals surface area (Å²) in [5, 5.41) is 7.27. The minimum Gasteiger partial charge on any atom is -0.319 e. The topological polar surface area (TPSA) is 44.4 Å². The average Bonchev–Trinajstić information content (AvgIpc) is 2.59. The fourth-order valence-electron chi connectivity index (χ4n) is 2.44. The lowest BCUT2D eigenvalue weighted by molar-refractivity contribution is 0.204. The van der Waals surface area contributed by atoms with E-state index in [9.17, 15) is 4.79 Å². The number of amides is 2. The molecule has 6 heteroatoms. The average molecular weight is 362 g/mol. The van der Waals surface area contributed by atoms with Gasteiger partial charge in [-0.25, -0.2) is 4.79 Å². The van der Waals surface area contributed by atoms with Gasteiger partial charge in [0.15, 0.2) is 0 Å². The first kappa shape index (κ1) is 16.8. The summed E-state index contributed by atoms with van der Waals surface area (Å²) >= 11 is 12.3. The molecule has 1 atom stereocenters. The minimum atomic E-state index is -0.212. The maximum absolute atomic E-state index is 12.3. The Kier molecular flexibility index (Phi) is 5.41. The minimum absolute atomic E-state index is 0.195. The number of halogens is 2. The van der Waals surface area contributed by atoms with Crippen LogP contribution in [0.15, 0.2) is 60.8 Å². The zero-order valence-corrected chi connectivity index (χ0v) is 14.4. The lowest BCUT2D eigenvalue weighted by atomic mass is 10.2. The molecule has 0 saturated carbocycles. The first-order chi connectivity index (χ1) is 11.6. The van der Waals surface area contributed by atoms with Gasteiger partial charge in [-0.3, -0.25) is 10.2 Å². The van der Waals surface area contributed by atoms with Crippen molar-refractivity contribution < 1.29 is 4.79 Å². The third kappa shape index (κ3) is 4.09. The van der Waals surface area contributed by atoms with E-state index in [1.165, 1.54) is 0 Å². The molecular weight excluding hydrogens is 345 g/mol. The van der Waals surface area contributed by atoms with Gasteiger partial charge < -0.3 is 5.32 Å². The van der Waals surface area contributed by atoms with E-state index in [4.69, 9.17) is 23.2 Å². The highest BCUT2D eigenvalue weighted by molar-refractivity contribution is 6.36. The fraction of sp³-hybridized carbons (Fsp3) is 0.167.